The largest absolute Gasteiger partial charge is 0.494 e. The number of aromatic amines is 1. The number of nitrogens with zero attached hydrogens (tertiary/aromatic N) is 3. The molecule has 0 saturated heterocycles. The second-order valence-corrected chi connectivity index (χ2v) is 8.90. The number of H-pyrrole nitrogens is 1. The molecular formula is C17H21FN5O5P. The quantitative estimate of drug-likeness (QED) is 0.392. The van der Waals surface area contributed by atoms with E-state index in [0.29, 0.717) is 17.8 Å². The summed E-state index contributed by atoms with van der Waals surface area (Å²) in [6, 6.07) is 4.38. The van der Waals surface area contributed by atoms with Crippen LogP contribution >= 0.6 is 7.37 Å². The number of hydrogen-bond donors (Lipinski definition) is 2. The third-order valence-electron chi connectivity index (χ3n) is 4.02. The van der Waals surface area contributed by atoms with Crippen LogP contribution in [0.25, 0.3) is 11.2 Å². The highest BCUT2D eigenvalue weighted by Gasteiger charge is 2.17. The molecule has 1 unspecified atom stereocenters. The zero-order chi connectivity index (χ0) is 21.0. The molecule has 0 saturated carbocycles. The number of nitrogens with one attached hydrogen (secondary N) is 1. The summed E-state index contributed by atoms with van der Waals surface area (Å²) in [6.07, 6.45) is 1.34. The maximum Gasteiger partial charge on any atom is 0.280 e. The van der Waals surface area contributed by atoms with Gasteiger partial charge in [-0.15, -0.1) is 0 Å². The van der Waals surface area contributed by atoms with Crippen molar-refractivity contribution in [2.24, 2.45) is 0 Å². The molecule has 3 aromatic rings. The number of imidazole rings is 1. The summed E-state index contributed by atoms with van der Waals surface area (Å²) in [4.78, 5) is 22.2. The van der Waals surface area contributed by atoms with Gasteiger partial charge < -0.3 is 24.3 Å². The Hall–Kier alpha value is -2.75. The molecule has 2 aromatic heterocycles. The lowest BCUT2D eigenvalue weighted by molar-refractivity contribution is 0.153. The van der Waals surface area contributed by atoms with Crippen molar-refractivity contribution in [1.82, 2.24) is 19.5 Å². The molecule has 0 fully saturated rings. The van der Waals surface area contributed by atoms with Gasteiger partial charge in [-0.05, 0) is 17.7 Å². The molecule has 0 spiro atoms. The second kappa shape index (κ2) is 8.73. The molecule has 0 amide bonds. The Balaban J connectivity index is 1.50. The van der Waals surface area contributed by atoms with E-state index in [4.69, 9.17) is 19.7 Å². The molecule has 1 aromatic carbocycles. The van der Waals surface area contributed by atoms with E-state index in [9.17, 15) is 13.8 Å². The molecule has 156 valence electrons. The summed E-state index contributed by atoms with van der Waals surface area (Å²) in [6.45, 7) is 1.95. The second-order valence-electron chi connectivity index (χ2n) is 6.36. The van der Waals surface area contributed by atoms with Gasteiger partial charge in [-0.25, -0.2) is 9.37 Å². The first-order valence-electron chi connectivity index (χ1n) is 8.61. The smallest absolute Gasteiger partial charge is 0.280 e. The van der Waals surface area contributed by atoms with Gasteiger partial charge in [-0.1, -0.05) is 6.07 Å². The van der Waals surface area contributed by atoms with Gasteiger partial charge in [0.2, 0.25) is 13.3 Å². The van der Waals surface area contributed by atoms with Gasteiger partial charge in [0.1, 0.15) is 6.35 Å². The first-order chi connectivity index (χ1) is 13.8. The van der Waals surface area contributed by atoms with Crippen molar-refractivity contribution in [2.75, 3.05) is 32.5 Å². The van der Waals surface area contributed by atoms with E-state index < -0.39 is 18.7 Å². The van der Waals surface area contributed by atoms with Crippen LogP contribution < -0.4 is 16.0 Å². The van der Waals surface area contributed by atoms with Gasteiger partial charge in [0.25, 0.3) is 5.56 Å². The van der Waals surface area contributed by atoms with E-state index >= 15 is 0 Å². The fourth-order valence-corrected chi connectivity index (χ4v) is 3.53. The molecule has 1 atom stereocenters. The fraction of sp³-hybridized carbons (Fsp3) is 0.353. The zero-order valence-corrected chi connectivity index (χ0v) is 16.8. The maximum atomic E-state index is 13.7. The maximum absolute atomic E-state index is 13.7. The van der Waals surface area contributed by atoms with Gasteiger partial charge in [-0.3, -0.25) is 14.3 Å². The summed E-state index contributed by atoms with van der Waals surface area (Å²) in [5.41, 5.74) is 6.17. The Bertz CT molecular complexity index is 1120. The molecule has 10 nitrogen and oxygen atoms in total. The van der Waals surface area contributed by atoms with E-state index in [1.165, 1.54) is 32.2 Å². The van der Waals surface area contributed by atoms with E-state index in [1.807, 2.05) is 0 Å². The van der Waals surface area contributed by atoms with Gasteiger partial charge in [-0.2, -0.15) is 4.98 Å². The third kappa shape index (κ3) is 5.20. The van der Waals surface area contributed by atoms with E-state index in [1.54, 1.807) is 10.6 Å². The van der Waals surface area contributed by atoms with Crippen LogP contribution in [-0.2, 0) is 27.0 Å². The Morgan fingerprint density at radius 3 is 2.90 bits per heavy atom. The van der Waals surface area contributed by atoms with Crippen LogP contribution in [0.1, 0.15) is 5.56 Å². The van der Waals surface area contributed by atoms with Crippen molar-refractivity contribution in [3.05, 3.63) is 46.3 Å². The minimum absolute atomic E-state index is 0.00778. The minimum atomic E-state index is -3.05. The summed E-state index contributed by atoms with van der Waals surface area (Å²) < 4.78 is 43.5. The van der Waals surface area contributed by atoms with Crippen molar-refractivity contribution >= 4 is 24.5 Å². The van der Waals surface area contributed by atoms with Crippen LogP contribution in [0.3, 0.4) is 0 Å². The first-order valence-corrected chi connectivity index (χ1v) is 10.9. The van der Waals surface area contributed by atoms with Crippen molar-refractivity contribution in [1.29, 1.82) is 0 Å². The molecular weight excluding hydrogens is 404 g/mol. The van der Waals surface area contributed by atoms with E-state index in [2.05, 4.69) is 15.0 Å². The molecule has 0 aliphatic carbocycles. The van der Waals surface area contributed by atoms with Crippen molar-refractivity contribution in [3.8, 4) is 5.75 Å². The van der Waals surface area contributed by atoms with Gasteiger partial charge in [0.15, 0.2) is 22.7 Å². The molecule has 29 heavy (non-hydrogen) atoms. The Morgan fingerprint density at radius 2 is 2.17 bits per heavy atom. The lowest BCUT2D eigenvalue weighted by atomic mass is 10.2. The van der Waals surface area contributed by atoms with E-state index in [0.717, 1.165) is 0 Å². The predicted molar refractivity (Wildman–Crippen MR) is 105 cm³/mol. The number of nitrogens with two attached hydrogens (primary N) is 1. The Morgan fingerprint density at radius 1 is 1.38 bits per heavy atom. The molecule has 3 N–H and O–H groups in total. The lowest BCUT2D eigenvalue weighted by Crippen LogP contribution is -2.13. The number of rotatable bonds is 9. The average molecular weight is 425 g/mol. The molecule has 0 radical (unpaired) electrons. The van der Waals surface area contributed by atoms with Crippen LogP contribution in [0, 0.1) is 5.82 Å². The number of ether oxygens (including phenoxy) is 2. The summed E-state index contributed by atoms with van der Waals surface area (Å²) in [7, 11) is -1.68. The molecule has 2 heterocycles. The van der Waals surface area contributed by atoms with Crippen LogP contribution in [0.5, 0.6) is 5.75 Å². The number of hydrogen-bond acceptors (Lipinski definition) is 8. The van der Waals surface area contributed by atoms with E-state index in [-0.39, 0.29) is 36.8 Å². The zero-order valence-electron chi connectivity index (χ0n) is 15.9. The summed E-state index contributed by atoms with van der Waals surface area (Å²) >= 11 is 0. The number of methoxy groups -OCH3 is 1. The van der Waals surface area contributed by atoms with Crippen molar-refractivity contribution in [3.63, 3.8) is 0 Å². The highest BCUT2D eigenvalue weighted by atomic mass is 31.2. The molecule has 0 aliphatic heterocycles. The van der Waals surface area contributed by atoms with Crippen LogP contribution in [0.15, 0.2) is 29.3 Å². The van der Waals surface area contributed by atoms with Crippen LogP contribution in [0.2, 0.25) is 0 Å². The first kappa shape index (κ1) is 21.0. The monoisotopic (exact) mass is 425 g/mol. The Labute approximate surface area is 165 Å². The summed E-state index contributed by atoms with van der Waals surface area (Å²) in [5.74, 6) is -0.398. The molecule has 0 bridgehead atoms. The highest BCUT2D eigenvalue weighted by molar-refractivity contribution is 7.57. The lowest BCUT2D eigenvalue weighted by Gasteiger charge is -2.15. The standard InChI is InChI=1S/C17H21FN5O5P/c1-26-13-4-3-11(7-12(13)18)8-28-29(2,25)10-27-6-5-23-9-20-14-15(23)21-17(19)22-16(14)24/h3-4,7,9H,5-6,8,10H2,1-2H3,(H3,19,21,22,24). The minimum Gasteiger partial charge on any atom is -0.494 e. The molecule has 3 rings (SSSR count). The van der Waals surface area contributed by atoms with Gasteiger partial charge in [0, 0.05) is 13.2 Å². The average Bonchev–Trinajstić information content (AvgIpc) is 3.07. The number of anilines is 1. The molecule has 12 heteroatoms. The number of aromatic nitrogens is 4. The van der Waals surface area contributed by atoms with Crippen molar-refractivity contribution in [2.45, 2.75) is 13.2 Å². The number of benzene rings is 1. The third-order valence-corrected chi connectivity index (χ3v) is 5.34. The summed E-state index contributed by atoms with van der Waals surface area (Å²) in [5, 5.41) is 0. The van der Waals surface area contributed by atoms with Gasteiger partial charge >= 0.3 is 0 Å². The molecule has 0 aliphatic rings. The van der Waals surface area contributed by atoms with Gasteiger partial charge in [0.05, 0.1) is 26.7 Å². The number of fused-ring (bicyclic) bond motifs is 1. The normalized spacial score (nSPS) is 13.5. The van der Waals surface area contributed by atoms with Crippen molar-refractivity contribution < 1.29 is 23.0 Å². The fourth-order valence-electron chi connectivity index (χ4n) is 2.58. The number of nitrogen functional groups attached to an aromatic ring is 1. The van der Waals surface area contributed by atoms with Crippen LogP contribution in [-0.4, -0.2) is 46.2 Å². The number of halogens is 1. The Kier molecular flexibility index (Phi) is 6.31. The highest BCUT2D eigenvalue weighted by Crippen LogP contribution is 2.43. The van der Waals surface area contributed by atoms with Crippen LogP contribution in [0.4, 0.5) is 10.3 Å². The predicted octanol–water partition coefficient (Wildman–Crippen LogP) is 1.95. The topological polar surface area (TPSA) is 134 Å². The SMILES string of the molecule is COc1ccc(COP(C)(=O)COCCn2cnc3c(=O)[nH]c(N)nc32)cc1F.